The van der Waals surface area contributed by atoms with E-state index >= 15 is 0 Å². The van der Waals surface area contributed by atoms with Gasteiger partial charge in [-0.25, -0.2) is 0 Å². The van der Waals surface area contributed by atoms with E-state index in [4.69, 9.17) is 0 Å². The van der Waals surface area contributed by atoms with Crippen LogP contribution in [0, 0.1) is 0 Å². The minimum Gasteiger partial charge on any atom is 1.00 e. The van der Waals surface area contributed by atoms with Crippen LogP contribution < -0.4 is 48.4 Å². The molecule has 0 aliphatic heterocycles. The maximum absolute atomic E-state index is 10.7. The summed E-state index contributed by atoms with van der Waals surface area (Å²) in [6.07, 6.45) is 0. The van der Waals surface area contributed by atoms with Gasteiger partial charge in [-0.2, -0.15) is 0 Å². The van der Waals surface area contributed by atoms with Crippen molar-refractivity contribution in [3.05, 3.63) is 0 Å². The second-order valence-corrected chi connectivity index (χ2v) is 5.75. The smallest absolute Gasteiger partial charge is 1.00 e. The van der Waals surface area contributed by atoms with E-state index in [9.17, 15) is 50.4 Å². The molecule has 0 aromatic carbocycles. The van der Waals surface area contributed by atoms with E-state index in [1.807, 2.05) is 0 Å². The minimum absolute atomic E-state index is 0. The Hall–Kier alpha value is 1.62. The van der Waals surface area contributed by atoms with E-state index < -0.39 is 15.6 Å². The molecule has 0 aliphatic rings. The second-order valence-electron chi connectivity index (χ2n) is 1.92. The molecule has 0 heterocycles. The monoisotopic (exact) mass is 320 g/mol. The Morgan fingerprint density at radius 3 is 0.375 bits per heavy atom. The third kappa shape index (κ3) is 1280. The summed E-state index contributed by atoms with van der Waals surface area (Å²) in [5.41, 5.74) is 0. The molecule has 0 saturated carbocycles. The Morgan fingerprint density at radius 1 is 0.375 bits per heavy atom. The van der Waals surface area contributed by atoms with Crippen LogP contribution in [0.25, 0.3) is 0 Å². The molecule has 0 N–H and O–H groups in total. The number of halogens is 12. The van der Waals surface area contributed by atoms with E-state index in [2.05, 4.69) is 0 Å². The van der Waals surface area contributed by atoms with E-state index in [1.54, 1.807) is 0 Å². The van der Waals surface area contributed by atoms with Crippen LogP contribution in [-0.2, 0) is 0 Å². The van der Waals surface area contributed by atoms with Gasteiger partial charge in [-0.3, -0.25) is 0 Å². The zero-order valence-electron chi connectivity index (χ0n) is 7.43. The molecule has 0 unspecified atom stereocenters. The van der Waals surface area contributed by atoms with Crippen LogP contribution in [0.3, 0.4) is 0 Å². The molecule has 16 heavy (non-hydrogen) atoms. The molecular weight excluding hydrogens is 320 g/mol. The van der Waals surface area contributed by atoms with Gasteiger partial charge >= 0.3 is 114 Å². The van der Waals surface area contributed by atoms with Crippen molar-refractivity contribution in [2.45, 2.75) is 0 Å². The third-order valence-electron chi connectivity index (χ3n) is 0. The van der Waals surface area contributed by atoms with Crippen LogP contribution in [0.2, 0.25) is 0 Å². The van der Waals surface area contributed by atoms with Crippen molar-refractivity contribution in [3.8, 4) is 0 Å². The molecule has 0 amide bonds. The van der Waals surface area contributed by atoms with Crippen molar-refractivity contribution in [1.29, 1.82) is 0 Å². The Labute approximate surface area is 114 Å². The van der Waals surface area contributed by atoms with Gasteiger partial charge in [0.25, 0.3) is 0 Å². The molecular formula is F12LiNaP2. The van der Waals surface area contributed by atoms with Gasteiger partial charge in [-0.15, -0.1) is 0 Å². The predicted molar refractivity (Wildman–Crippen MR) is 27.1 cm³/mol. The molecule has 0 aliphatic carbocycles. The normalized spacial score (nSPS) is 20.2. The zero-order chi connectivity index (χ0) is 12.8. The van der Waals surface area contributed by atoms with Crippen LogP contribution in [0.4, 0.5) is 50.4 Å². The first-order valence-corrected chi connectivity index (χ1v) is 6.09. The van der Waals surface area contributed by atoms with Crippen LogP contribution in [0.15, 0.2) is 0 Å². The summed E-state index contributed by atoms with van der Waals surface area (Å²) in [5, 5.41) is 0. The van der Waals surface area contributed by atoms with Gasteiger partial charge in [-0.05, 0) is 0 Å². The summed E-state index contributed by atoms with van der Waals surface area (Å²) < 4.78 is 118. The summed E-state index contributed by atoms with van der Waals surface area (Å²) in [6.45, 7) is 0. The molecule has 0 bridgehead atoms. The SMILES string of the molecule is F[P-](F)(F)(F)(F)F.F[P-](F)(F)(F)(F)F.[Li+].[Na+]. The van der Waals surface area contributed by atoms with Crippen LogP contribution >= 0.6 is 15.6 Å². The minimum atomic E-state index is -10.7. The summed E-state index contributed by atoms with van der Waals surface area (Å²) in [6, 6.07) is 0. The maximum atomic E-state index is 9.87. The molecule has 0 saturated heterocycles. The van der Waals surface area contributed by atoms with Crippen molar-refractivity contribution in [3.63, 3.8) is 0 Å². The maximum Gasteiger partial charge on any atom is 1.00 e. The van der Waals surface area contributed by atoms with Crippen LogP contribution in [-0.4, -0.2) is 0 Å². The molecule has 0 rings (SSSR count). The number of hydrogen-bond acceptors (Lipinski definition) is 0. The van der Waals surface area contributed by atoms with Crippen LogP contribution in [0.1, 0.15) is 0 Å². The average molecular weight is 320 g/mol. The molecule has 0 radical (unpaired) electrons. The fraction of sp³-hybridized carbons (Fsp3) is 0. The molecule has 16 heteroatoms. The molecule has 0 spiro atoms. The number of rotatable bonds is 0. The van der Waals surface area contributed by atoms with E-state index in [0.717, 1.165) is 0 Å². The molecule has 0 aromatic heterocycles. The Morgan fingerprint density at radius 2 is 0.375 bits per heavy atom. The Balaban J connectivity index is -0.0000000800. The first-order valence-electron chi connectivity index (χ1n) is 2.03. The Bertz CT molecular complexity index is 166. The van der Waals surface area contributed by atoms with E-state index in [-0.39, 0.29) is 48.4 Å². The van der Waals surface area contributed by atoms with Crippen molar-refractivity contribution >= 4 is 15.6 Å². The molecule has 96 valence electrons. The van der Waals surface area contributed by atoms with E-state index in [0.29, 0.717) is 0 Å². The molecule has 0 nitrogen and oxygen atoms in total. The zero-order valence-corrected chi connectivity index (χ0v) is 11.2. The van der Waals surface area contributed by atoms with Crippen molar-refractivity contribution in [2.24, 2.45) is 0 Å². The average Bonchev–Trinajstić information content (AvgIpc) is 0.938. The van der Waals surface area contributed by atoms with Gasteiger partial charge in [0.05, 0.1) is 0 Å². The van der Waals surface area contributed by atoms with Crippen LogP contribution in [0.5, 0.6) is 0 Å². The van der Waals surface area contributed by atoms with Crippen molar-refractivity contribution < 1.29 is 98.8 Å². The number of hydrogen-bond donors (Lipinski definition) is 0. The first kappa shape index (κ1) is 26.2. The summed E-state index contributed by atoms with van der Waals surface area (Å²) in [5.74, 6) is 0. The Kier molecular flexibility index (Phi) is 6.65. The molecule has 0 atom stereocenters. The standard InChI is InChI=1S/2F6P.Li.Na/c2*1-7(2,3,4,5)6;;/q2*-1;2*+1. The molecule has 0 aromatic rings. The third-order valence-corrected chi connectivity index (χ3v) is 0. The van der Waals surface area contributed by atoms with Gasteiger partial charge in [0.2, 0.25) is 0 Å². The van der Waals surface area contributed by atoms with Gasteiger partial charge in [0.15, 0.2) is 0 Å². The van der Waals surface area contributed by atoms with Crippen molar-refractivity contribution in [2.75, 3.05) is 0 Å². The van der Waals surface area contributed by atoms with Gasteiger partial charge in [0.1, 0.15) is 0 Å². The first-order chi connectivity index (χ1) is 4.90. The summed E-state index contributed by atoms with van der Waals surface area (Å²) in [7, 11) is -21.3. The largest absolute Gasteiger partial charge is 1.00 e. The predicted octanol–water partition coefficient (Wildman–Crippen LogP) is 0.773. The second kappa shape index (κ2) is 4.05. The van der Waals surface area contributed by atoms with Gasteiger partial charge in [-0.1, -0.05) is 0 Å². The van der Waals surface area contributed by atoms with Gasteiger partial charge < -0.3 is 0 Å². The van der Waals surface area contributed by atoms with E-state index in [1.165, 1.54) is 0 Å². The summed E-state index contributed by atoms with van der Waals surface area (Å²) >= 11 is 0. The topological polar surface area (TPSA) is 0 Å². The van der Waals surface area contributed by atoms with Crippen molar-refractivity contribution in [1.82, 2.24) is 0 Å². The van der Waals surface area contributed by atoms with Gasteiger partial charge in [0, 0.05) is 0 Å². The fourth-order valence-electron chi connectivity index (χ4n) is 0. The quantitative estimate of drug-likeness (QED) is 0.351. The fourth-order valence-corrected chi connectivity index (χ4v) is 0. The summed E-state index contributed by atoms with van der Waals surface area (Å²) in [4.78, 5) is 0. The molecule has 0 fully saturated rings.